The number of rotatable bonds is 3. The zero-order valence-corrected chi connectivity index (χ0v) is 14.8. The first-order valence-electron chi connectivity index (χ1n) is 9.24. The lowest BCUT2D eigenvalue weighted by atomic mass is 9.99. The molecule has 0 bridgehead atoms. The van der Waals surface area contributed by atoms with E-state index in [0.717, 1.165) is 18.5 Å². The van der Waals surface area contributed by atoms with E-state index in [1.54, 1.807) is 6.20 Å². The first-order valence-corrected chi connectivity index (χ1v) is 9.24. The molecule has 0 radical (unpaired) electrons. The summed E-state index contributed by atoms with van der Waals surface area (Å²) in [6.07, 6.45) is 2.41. The minimum atomic E-state index is -0.160. The summed E-state index contributed by atoms with van der Waals surface area (Å²) in [5.74, 6) is 1.11. The Morgan fingerprint density at radius 3 is 2.93 bits per heavy atom. The van der Waals surface area contributed by atoms with Gasteiger partial charge in [-0.15, -0.1) is 0 Å². The highest BCUT2D eigenvalue weighted by atomic mass is 16.6. The van der Waals surface area contributed by atoms with Crippen molar-refractivity contribution in [2.24, 2.45) is 0 Å². The van der Waals surface area contributed by atoms with Gasteiger partial charge in [0.25, 0.3) is 5.88 Å². The fourth-order valence-electron chi connectivity index (χ4n) is 3.93. The van der Waals surface area contributed by atoms with Crippen LogP contribution in [0.25, 0.3) is 0 Å². The number of fused-ring (bicyclic) bond motifs is 2. The van der Waals surface area contributed by atoms with E-state index in [-0.39, 0.29) is 24.2 Å². The molecule has 3 atom stereocenters. The normalized spacial score (nSPS) is 27.1. The van der Waals surface area contributed by atoms with Crippen molar-refractivity contribution in [1.29, 1.82) is 0 Å². The molecule has 140 valence electrons. The van der Waals surface area contributed by atoms with Crippen molar-refractivity contribution in [2.75, 3.05) is 26.4 Å². The van der Waals surface area contributed by atoms with Gasteiger partial charge in [0.15, 0.2) is 11.9 Å². The summed E-state index contributed by atoms with van der Waals surface area (Å²) in [6.45, 7) is 2.40. The van der Waals surface area contributed by atoms with Gasteiger partial charge in [0, 0.05) is 25.3 Å². The van der Waals surface area contributed by atoms with Crippen LogP contribution in [0.15, 0.2) is 42.6 Å². The standard InChI is InChI=1S/C20H21N3O4/c24-20-16-10-21-9-15(23(16)12-26-20)8-13-3-5-14(6-4-13)18-11-25-17-2-1-7-22-19(17)27-18/h1-7,15-16,18,21H,8-12H2. The summed E-state index contributed by atoms with van der Waals surface area (Å²) < 4.78 is 16.9. The number of nitrogens with one attached hydrogen (secondary N) is 1. The van der Waals surface area contributed by atoms with Crippen LogP contribution in [-0.2, 0) is 16.0 Å². The molecule has 27 heavy (non-hydrogen) atoms. The molecule has 5 rings (SSSR count). The molecule has 1 aromatic heterocycles. The Kier molecular flexibility index (Phi) is 4.18. The Hall–Kier alpha value is -2.64. The molecule has 0 aliphatic carbocycles. The third-order valence-corrected chi connectivity index (χ3v) is 5.42. The number of hydrogen-bond donors (Lipinski definition) is 1. The van der Waals surface area contributed by atoms with Gasteiger partial charge in [-0.1, -0.05) is 24.3 Å². The Balaban J connectivity index is 1.26. The van der Waals surface area contributed by atoms with Crippen LogP contribution in [0.4, 0.5) is 0 Å². The summed E-state index contributed by atoms with van der Waals surface area (Å²) in [4.78, 5) is 18.2. The molecule has 3 unspecified atom stereocenters. The van der Waals surface area contributed by atoms with Crippen LogP contribution in [0.5, 0.6) is 11.6 Å². The number of pyridine rings is 1. The highest BCUT2D eigenvalue weighted by molar-refractivity contribution is 5.78. The monoisotopic (exact) mass is 367 g/mol. The Bertz CT molecular complexity index is 841. The van der Waals surface area contributed by atoms with Crippen LogP contribution >= 0.6 is 0 Å². The van der Waals surface area contributed by atoms with Crippen molar-refractivity contribution in [3.05, 3.63) is 53.7 Å². The number of esters is 1. The minimum Gasteiger partial charge on any atom is -0.484 e. The summed E-state index contributed by atoms with van der Waals surface area (Å²) in [5.41, 5.74) is 2.29. The van der Waals surface area contributed by atoms with Crippen LogP contribution in [-0.4, -0.2) is 54.4 Å². The zero-order valence-electron chi connectivity index (χ0n) is 14.8. The van der Waals surface area contributed by atoms with E-state index in [1.807, 2.05) is 12.1 Å². The molecule has 7 nitrogen and oxygen atoms in total. The maximum absolute atomic E-state index is 11.8. The van der Waals surface area contributed by atoms with E-state index in [9.17, 15) is 4.79 Å². The molecule has 1 N–H and O–H groups in total. The van der Waals surface area contributed by atoms with Crippen molar-refractivity contribution < 1.29 is 19.0 Å². The van der Waals surface area contributed by atoms with Crippen molar-refractivity contribution in [3.63, 3.8) is 0 Å². The summed E-state index contributed by atoms with van der Waals surface area (Å²) in [5, 5.41) is 3.34. The van der Waals surface area contributed by atoms with Crippen molar-refractivity contribution in [1.82, 2.24) is 15.2 Å². The molecule has 2 aromatic rings. The van der Waals surface area contributed by atoms with Gasteiger partial charge in [0.05, 0.1) is 0 Å². The van der Waals surface area contributed by atoms with Gasteiger partial charge in [-0.3, -0.25) is 9.69 Å². The smallest absolute Gasteiger partial charge is 0.326 e. The van der Waals surface area contributed by atoms with E-state index in [2.05, 4.69) is 39.5 Å². The lowest BCUT2D eigenvalue weighted by molar-refractivity contribution is -0.139. The highest BCUT2D eigenvalue weighted by Crippen LogP contribution is 2.34. The summed E-state index contributed by atoms with van der Waals surface area (Å²) >= 11 is 0. The predicted octanol–water partition coefficient (Wildman–Crippen LogP) is 1.29. The minimum absolute atomic E-state index is 0.120. The molecule has 4 heterocycles. The van der Waals surface area contributed by atoms with Gasteiger partial charge in [-0.25, -0.2) is 4.98 Å². The topological polar surface area (TPSA) is 72.9 Å². The average Bonchev–Trinajstić information content (AvgIpc) is 3.10. The van der Waals surface area contributed by atoms with E-state index in [4.69, 9.17) is 14.2 Å². The van der Waals surface area contributed by atoms with Crippen LogP contribution in [0.3, 0.4) is 0 Å². The van der Waals surface area contributed by atoms with Crippen LogP contribution in [0.1, 0.15) is 17.2 Å². The van der Waals surface area contributed by atoms with E-state index >= 15 is 0 Å². The van der Waals surface area contributed by atoms with Crippen LogP contribution in [0, 0.1) is 0 Å². The van der Waals surface area contributed by atoms with Crippen molar-refractivity contribution in [3.8, 4) is 11.6 Å². The fraction of sp³-hybridized carbons (Fsp3) is 0.400. The molecular weight excluding hydrogens is 346 g/mol. The lowest BCUT2D eigenvalue weighted by Gasteiger charge is -2.35. The van der Waals surface area contributed by atoms with E-state index < -0.39 is 0 Å². The molecule has 3 aliphatic heterocycles. The Morgan fingerprint density at radius 2 is 2.04 bits per heavy atom. The van der Waals surface area contributed by atoms with Gasteiger partial charge in [0.1, 0.15) is 19.4 Å². The van der Waals surface area contributed by atoms with Crippen LogP contribution < -0.4 is 14.8 Å². The molecule has 2 saturated heterocycles. The number of carbonyl (C=O) groups excluding carboxylic acids is 1. The number of carbonyl (C=O) groups is 1. The number of benzene rings is 1. The van der Waals surface area contributed by atoms with E-state index in [0.29, 0.717) is 31.5 Å². The molecule has 1 aromatic carbocycles. The second-order valence-electron chi connectivity index (χ2n) is 7.10. The number of hydrogen-bond acceptors (Lipinski definition) is 7. The second-order valence-corrected chi connectivity index (χ2v) is 7.10. The van der Waals surface area contributed by atoms with Gasteiger partial charge >= 0.3 is 5.97 Å². The molecular formula is C20H21N3O4. The molecule has 7 heteroatoms. The Morgan fingerprint density at radius 1 is 1.15 bits per heavy atom. The average molecular weight is 367 g/mol. The van der Waals surface area contributed by atoms with E-state index in [1.165, 1.54) is 5.56 Å². The molecule has 3 aliphatic rings. The predicted molar refractivity (Wildman–Crippen MR) is 96.5 cm³/mol. The maximum Gasteiger partial charge on any atom is 0.326 e. The third-order valence-electron chi connectivity index (χ3n) is 5.42. The molecule has 2 fully saturated rings. The lowest BCUT2D eigenvalue weighted by Crippen LogP contribution is -2.56. The largest absolute Gasteiger partial charge is 0.484 e. The number of nitrogens with zero attached hydrogens (tertiary/aromatic N) is 2. The quantitative estimate of drug-likeness (QED) is 0.820. The second kappa shape index (κ2) is 6.83. The first kappa shape index (κ1) is 16.5. The fourth-order valence-corrected chi connectivity index (χ4v) is 3.93. The van der Waals surface area contributed by atoms with Crippen molar-refractivity contribution >= 4 is 5.97 Å². The maximum atomic E-state index is 11.8. The van der Waals surface area contributed by atoms with Gasteiger partial charge < -0.3 is 19.5 Å². The number of cyclic esters (lactones) is 1. The first-order chi connectivity index (χ1) is 13.3. The summed E-state index contributed by atoms with van der Waals surface area (Å²) in [7, 11) is 0. The molecule has 0 amide bonds. The number of piperazine rings is 1. The van der Waals surface area contributed by atoms with Gasteiger partial charge in [-0.2, -0.15) is 0 Å². The van der Waals surface area contributed by atoms with Gasteiger partial charge in [-0.05, 0) is 29.7 Å². The van der Waals surface area contributed by atoms with Gasteiger partial charge in [0.2, 0.25) is 0 Å². The SMILES string of the molecule is O=C1OCN2C(Cc3ccc(C4COc5cccnc5O4)cc3)CNCC12. The van der Waals surface area contributed by atoms with Crippen LogP contribution in [0.2, 0.25) is 0 Å². The van der Waals surface area contributed by atoms with Crippen molar-refractivity contribution in [2.45, 2.75) is 24.6 Å². The number of aromatic nitrogens is 1. The Labute approximate surface area is 157 Å². The third kappa shape index (κ3) is 3.13. The zero-order chi connectivity index (χ0) is 18.2. The highest BCUT2D eigenvalue weighted by Gasteiger charge is 2.41. The molecule has 0 saturated carbocycles. The number of ether oxygens (including phenoxy) is 3. The molecule has 0 spiro atoms. The summed E-state index contributed by atoms with van der Waals surface area (Å²) in [6, 6.07) is 12.2.